The molecule has 1 heterocycles. The van der Waals surface area contributed by atoms with E-state index in [1.165, 1.54) is 0 Å². The summed E-state index contributed by atoms with van der Waals surface area (Å²) in [4.78, 5) is 38.5. The van der Waals surface area contributed by atoms with E-state index in [2.05, 4.69) is 17.6 Å². The van der Waals surface area contributed by atoms with Crippen molar-refractivity contribution in [1.29, 1.82) is 0 Å². The molecular weight excluding hydrogens is 374 g/mol. The van der Waals surface area contributed by atoms with Gasteiger partial charge in [0, 0.05) is 13.1 Å². The van der Waals surface area contributed by atoms with Crippen molar-refractivity contribution in [3.8, 4) is 5.75 Å². The Labute approximate surface area is 171 Å². The molecule has 8 heteroatoms. The van der Waals surface area contributed by atoms with Gasteiger partial charge in [-0.15, -0.1) is 0 Å². The van der Waals surface area contributed by atoms with E-state index in [0.717, 1.165) is 12.8 Å². The topological polar surface area (TPSA) is 97.0 Å². The summed E-state index contributed by atoms with van der Waals surface area (Å²) in [7, 11) is 0. The number of benzene rings is 1. The fourth-order valence-electron chi connectivity index (χ4n) is 3.00. The molecule has 1 saturated heterocycles. The molecule has 160 valence electrons. The molecule has 1 aliphatic heterocycles. The van der Waals surface area contributed by atoms with Gasteiger partial charge < -0.3 is 20.1 Å². The average Bonchev–Trinajstić information content (AvgIpc) is 2.70. The van der Waals surface area contributed by atoms with E-state index in [1.54, 1.807) is 11.0 Å². The Morgan fingerprint density at radius 2 is 2.00 bits per heavy atom. The molecule has 0 aliphatic carbocycles. The van der Waals surface area contributed by atoms with Crippen LogP contribution >= 0.6 is 0 Å². The number of hydrogen-bond donors (Lipinski definition) is 2. The highest BCUT2D eigenvalue weighted by molar-refractivity contribution is 5.94. The first-order chi connectivity index (χ1) is 14.0. The SMILES string of the molecule is CCCCOc1ccccc1NC(=O)CN1CCNC(=O)C1CC(=O)OCCC. The largest absolute Gasteiger partial charge is 0.491 e. The number of amides is 2. The van der Waals surface area contributed by atoms with Crippen LogP contribution in [-0.2, 0) is 19.1 Å². The van der Waals surface area contributed by atoms with Crippen molar-refractivity contribution in [1.82, 2.24) is 10.2 Å². The minimum Gasteiger partial charge on any atom is -0.491 e. The van der Waals surface area contributed by atoms with Gasteiger partial charge in [0.15, 0.2) is 0 Å². The number of nitrogens with one attached hydrogen (secondary N) is 2. The first-order valence-electron chi connectivity index (χ1n) is 10.2. The molecule has 2 N–H and O–H groups in total. The monoisotopic (exact) mass is 405 g/mol. The van der Waals surface area contributed by atoms with Gasteiger partial charge in [-0.25, -0.2) is 0 Å². The number of nitrogens with zero attached hydrogens (tertiary/aromatic N) is 1. The Kier molecular flexibility index (Phi) is 9.43. The molecule has 0 aromatic heterocycles. The second kappa shape index (κ2) is 12.1. The molecule has 0 bridgehead atoms. The fourth-order valence-corrected chi connectivity index (χ4v) is 3.00. The fraction of sp³-hybridized carbons (Fsp3) is 0.571. The van der Waals surface area contributed by atoms with Crippen molar-refractivity contribution in [2.45, 2.75) is 45.6 Å². The Morgan fingerprint density at radius 3 is 2.76 bits per heavy atom. The number of anilines is 1. The van der Waals surface area contributed by atoms with Gasteiger partial charge in [-0.2, -0.15) is 0 Å². The number of unbranched alkanes of at least 4 members (excludes halogenated alkanes) is 1. The summed E-state index contributed by atoms with van der Waals surface area (Å²) in [5.74, 6) is -0.349. The van der Waals surface area contributed by atoms with Crippen LogP contribution in [0.4, 0.5) is 5.69 Å². The summed E-state index contributed by atoms with van der Waals surface area (Å²) in [5.41, 5.74) is 0.592. The Morgan fingerprint density at radius 1 is 1.21 bits per heavy atom. The van der Waals surface area contributed by atoms with E-state index in [1.807, 2.05) is 25.1 Å². The van der Waals surface area contributed by atoms with Gasteiger partial charge in [0.25, 0.3) is 0 Å². The summed E-state index contributed by atoms with van der Waals surface area (Å²) in [6.45, 7) is 5.81. The summed E-state index contributed by atoms with van der Waals surface area (Å²) >= 11 is 0. The molecule has 1 atom stereocenters. The first-order valence-corrected chi connectivity index (χ1v) is 10.2. The molecular formula is C21H31N3O5. The number of esters is 1. The van der Waals surface area contributed by atoms with Crippen LogP contribution in [0.1, 0.15) is 39.5 Å². The molecule has 8 nitrogen and oxygen atoms in total. The molecule has 29 heavy (non-hydrogen) atoms. The van der Waals surface area contributed by atoms with Crippen LogP contribution in [0.25, 0.3) is 0 Å². The molecule has 2 rings (SSSR count). The van der Waals surface area contributed by atoms with Gasteiger partial charge in [-0.1, -0.05) is 32.4 Å². The van der Waals surface area contributed by atoms with Crippen LogP contribution in [0.3, 0.4) is 0 Å². The van der Waals surface area contributed by atoms with Crippen LogP contribution in [-0.4, -0.2) is 61.6 Å². The lowest BCUT2D eigenvalue weighted by Crippen LogP contribution is -2.57. The van der Waals surface area contributed by atoms with E-state index in [9.17, 15) is 14.4 Å². The number of para-hydroxylation sites is 2. The zero-order chi connectivity index (χ0) is 21.1. The van der Waals surface area contributed by atoms with Crippen LogP contribution < -0.4 is 15.4 Å². The Balaban J connectivity index is 1.97. The minimum absolute atomic E-state index is 0.00242. The van der Waals surface area contributed by atoms with Crippen molar-refractivity contribution in [3.05, 3.63) is 24.3 Å². The van der Waals surface area contributed by atoms with E-state index < -0.39 is 12.0 Å². The maximum atomic E-state index is 12.6. The van der Waals surface area contributed by atoms with Gasteiger partial charge >= 0.3 is 5.97 Å². The number of rotatable bonds is 11. The number of carbonyl (C=O) groups is 3. The molecule has 1 unspecified atom stereocenters. The highest BCUT2D eigenvalue weighted by Crippen LogP contribution is 2.24. The van der Waals surface area contributed by atoms with Crippen LogP contribution in [0.5, 0.6) is 5.75 Å². The lowest BCUT2D eigenvalue weighted by atomic mass is 10.1. The van der Waals surface area contributed by atoms with Gasteiger partial charge in [0.1, 0.15) is 11.8 Å². The number of piperazine rings is 1. The summed E-state index contributed by atoms with van der Waals surface area (Å²) in [6.07, 6.45) is 2.60. The predicted molar refractivity (Wildman–Crippen MR) is 110 cm³/mol. The second-order valence-corrected chi connectivity index (χ2v) is 6.95. The van der Waals surface area contributed by atoms with Crippen molar-refractivity contribution < 1.29 is 23.9 Å². The van der Waals surface area contributed by atoms with Crippen molar-refractivity contribution in [2.24, 2.45) is 0 Å². The second-order valence-electron chi connectivity index (χ2n) is 6.95. The highest BCUT2D eigenvalue weighted by Gasteiger charge is 2.33. The normalized spacial score (nSPS) is 16.8. The third kappa shape index (κ3) is 7.38. The van der Waals surface area contributed by atoms with Gasteiger partial charge in [0.05, 0.1) is 31.9 Å². The van der Waals surface area contributed by atoms with E-state index in [-0.39, 0.29) is 24.8 Å². The molecule has 1 aromatic carbocycles. The Bertz CT molecular complexity index is 695. The lowest BCUT2D eigenvalue weighted by Gasteiger charge is -2.33. The molecule has 2 amide bonds. The summed E-state index contributed by atoms with van der Waals surface area (Å²) < 4.78 is 10.8. The molecule has 1 aliphatic rings. The molecule has 0 radical (unpaired) electrons. The molecule has 1 aromatic rings. The third-order valence-electron chi connectivity index (χ3n) is 4.53. The smallest absolute Gasteiger partial charge is 0.307 e. The van der Waals surface area contributed by atoms with Crippen molar-refractivity contribution in [2.75, 3.05) is 38.2 Å². The number of hydrogen-bond acceptors (Lipinski definition) is 6. The highest BCUT2D eigenvalue weighted by atomic mass is 16.5. The van der Waals surface area contributed by atoms with Crippen LogP contribution in [0.2, 0.25) is 0 Å². The van der Waals surface area contributed by atoms with E-state index in [4.69, 9.17) is 9.47 Å². The number of carbonyl (C=O) groups excluding carboxylic acids is 3. The molecule has 0 spiro atoms. The van der Waals surface area contributed by atoms with E-state index in [0.29, 0.717) is 44.2 Å². The average molecular weight is 405 g/mol. The lowest BCUT2D eigenvalue weighted by molar-refractivity contribution is -0.148. The third-order valence-corrected chi connectivity index (χ3v) is 4.53. The van der Waals surface area contributed by atoms with Crippen LogP contribution in [0.15, 0.2) is 24.3 Å². The predicted octanol–water partition coefficient (Wildman–Crippen LogP) is 1.95. The van der Waals surface area contributed by atoms with Gasteiger partial charge in [-0.05, 0) is 25.0 Å². The maximum Gasteiger partial charge on any atom is 0.307 e. The number of ether oxygens (including phenoxy) is 2. The molecule has 0 saturated carbocycles. The van der Waals surface area contributed by atoms with Crippen molar-refractivity contribution >= 4 is 23.5 Å². The minimum atomic E-state index is -0.713. The zero-order valence-corrected chi connectivity index (χ0v) is 17.2. The Hall–Kier alpha value is -2.61. The first kappa shape index (κ1) is 22.7. The van der Waals surface area contributed by atoms with Gasteiger partial charge in [-0.3, -0.25) is 19.3 Å². The maximum absolute atomic E-state index is 12.6. The van der Waals surface area contributed by atoms with Gasteiger partial charge in [0.2, 0.25) is 11.8 Å². The van der Waals surface area contributed by atoms with Crippen LogP contribution in [0, 0.1) is 0 Å². The zero-order valence-electron chi connectivity index (χ0n) is 17.2. The summed E-state index contributed by atoms with van der Waals surface area (Å²) in [5, 5.41) is 5.60. The molecule has 1 fully saturated rings. The van der Waals surface area contributed by atoms with E-state index >= 15 is 0 Å². The standard InChI is InChI=1S/C21H31N3O5/c1-3-5-13-28-18-9-7-6-8-16(18)23-19(25)15-24-11-10-22-21(27)17(24)14-20(26)29-12-4-2/h6-9,17H,3-5,10-15H2,1-2H3,(H,22,27)(H,23,25). The van der Waals surface area contributed by atoms with Crippen molar-refractivity contribution in [3.63, 3.8) is 0 Å². The quantitative estimate of drug-likeness (QED) is 0.431. The summed E-state index contributed by atoms with van der Waals surface area (Å²) in [6, 6.07) is 6.55.